The minimum atomic E-state index is -4.07. The Morgan fingerprint density at radius 2 is 1.82 bits per heavy atom. The van der Waals surface area contributed by atoms with Gasteiger partial charge in [-0.1, -0.05) is 12.1 Å². The molecule has 1 aliphatic heterocycles. The molecule has 0 aliphatic carbocycles. The molecule has 10 heteroatoms. The van der Waals surface area contributed by atoms with Crippen LogP contribution < -0.4 is 10.1 Å². The van der Waals surface area contributed by atoms with Crippen molar-refractivity contribution in [1.82, 2.24) is 4.31 Å². The van der Waals surface area contributed by atoms with E-state index < -0.39 is 40.1 Å². The lowest BCUT2D eigenvalue weighted by Crippen LogP contribution is -2.43. The number of aliphatic hydroxyl groups is 1. The number of nitrogens with zero attached hydrogens (tertiary/aromatic N) is 1. The summed E-state index contributed by atoms with van der Waals surface area (Å²) in [5.74, 6) is -1.05. The summed E-state index contributed by atoms with van der Waals surface area (Å²) in [7, 11) is -2.60. The Labute approximate surface area is 199 Å². The van der Waals surface area contributed by atoms with E-state index in [-0.39, 0.29) is 17.9 Å². The van der Waals surface area contributed by atoms with Gasteiger partial charge < -0.3 is 19.9 Å². The van der Waals surface area contributed by atoms with Gasteiger partial charge in [0, 0.05) is 13.0 Å². The second-order valence-corrected chi connectivity index (χ2v) is 10.4. The normalized spacial score (nSPS) is 19.5. The van der Waals surface area contributed by atoms with Gasteiger partial charge in [0.1, 0.15) is 11.8 Å². The number of esters is 1. The number of carbonyl (C=O) groups excluding carboxylic acids is 2. The molecule has 1 aliphatic rings. The highest BCUT2D eigenvalue weighted by Gasteiger charge is 2.45. The number of hydrogen-bond acceptors (Lipinski definition) is 7. The van der Waals surface area contributed by atoms with Crippen molar-refractivity contribution in [3.63, 3.8) is 0 Å². The number of aryl methyl sites for hydroxylation is 3. The number of hydrogen-bond donors (Lipinski definition) is 2. The first-order chi connectivity index (χ1) is 15.9. The Morgan fingerprint density at radius 1 is 1.12 bits per heavy atom. The number of sulfonamides is 1. The van der Waals surface area contributed by atoms with Gasteiger partial charge in [0.2, 0.25) is 10.0 Å². The molecule has 34 heavy (non-hydrogen) atoms. The van der Waals surface area contributed by atoms with E-state index in [1.54, 1.807) is 25.1 Å². The van der Waals surface area contributed by atoms with Gasteiger partial charge in [-0.25, -0.2) is 8.42 Å². The highest BCUT2D eigenvalue weighted by atomic mass is 32.2. The monoisotopic (exact) mass is 490 g/mol. The predicted octanol–water partition coefficient (Wildman–Crippen LogP) is 2.31. The van der Waals surface area contributed by atoms with Gasteiger partial charge in [-0.3, -0.25) is 9.59 Å². The van der Waals surface area contributed by atoms with Crippen molar-refractivity contribution in [2.45, 2.75) is 57.3 Å². The van der Waals surface area contributed by atoms with E-state index in [0.717, 1.165) is 21.0 Å². The quantitative estimate of drug-likeness (QED) is 0.571. The van der Waals surface area contributed by atoms with Crippen LogP contribution >= 0.6 is 0 Å². The summed E-state index contributed by atoms with van der Waals surface area (Å²) in [5, 5.41) is 12.8. The Bertz CT molecular complexity index is 1200. The number of carbonyl (C=O) groups is 2. The van der Waals surface area contributed by atoms with E-state index in [1.165, 1.54) is 26.2 Å². The lowest BCUT2D eigenvalue weighted by molar-refractivity contribution is -0.156. The van der Waals surface area contributed by atoms with Gasteiger partial charge >= 0.3 is 5.97 Å². The number of amides is 1. The van der Waals surface area contributed by atoms with Gasteiger partial charge in [0.15, 0.2) is 6.10 Å². The first kappa shape index (κ1) is 25.7. The molecule has 9 nitrogen and oxygen atoms in total. The molecule has 0 bridgehead atoms. The first-order valence-corrected chi connectivity index (χ1v) is 12.3. The van der Waals surface area contributed by atoms with Crippen LogP contribution in [0.3, 0.4) is 0 Å². The molecule has 0 aromatic heterocycles. The average molecular weight is 491 g/mol. The lowest BCUT2D eigenvalue weighted by atomic mass is 10.1. The molecule has 184 valence electrons. The number of aliphatic hydroxyl groups excluding tert-OH is 1. The zero-order valence-corrected chi connectivity index (χ0v) is 20.7. The number of β-amino-alcohol motifs (C(OH)–C–C–N with tert-alkyl or cyclic N) is 1. The van der Waals surface area contributed by atoms with Crippen molar-refractivity contribution >= 4 is 27.6 Å². The minimum absolute atomic E-state index is 0.0276. The second kappa shape index (κ2) is 10.1. The van der Waals surface area contributed by atoms with Gasteiger partial charge in [0.05, 0.1) is 23.8 Å². The fraction of sp³-hybridized carbons (Fsp3) is 0.417. The van der Waals surface area contributed by atoms with Crippen molar-refractivity contribution in [2.75, 3.05) is 19.0 Å². The molecule has 2 aromatic carbocycles. The number of rotatable bonds is 7. The van der Waals surface area contributed by atoms with Gasteiger partial charge in [-0.15, -0.1) is 0 Å². The van der Waals surface area contributed by atoms with E-state index in [9.17, 15) is 23.1 Å². The molecule has 1 fully saturated rings. The molecule has 0 saturated carbocycles. The lowest BCUT2D eigenvalue weighted by Gasteiger charge is -2.24. The van der Waals surface area contributed by atoms with E-state index in [2.05, 4.69) is 5.32 Å². The molecule has 2 aromatic rings. The summed E-state index contributed by atoms with van der Waals surface area (Å²) in [6.07, 6.45) is -2.36. The number of benzene rings is 2. The van der Waals surface area contributed by atoms with Crippen LogP contribution in [0.4, 0.5) is 5.69 Å². The van der Waals surface area contributed by atoms with Gasteiger partial charge in [-0.2, -0.15) is 4.31 Å². The fourth-order valence-electron chi connectivity index (χ4n) is 3.73. The fourth-order valence-corrected chi connectivity index (χ4v) is 5.45. The molecule has 3 atom stereocenters. The van der Waals surface area contributed by atoms with Crippen LogP contribution in [-0.4, -0.2) is 61.6 Å². The highest BCUT2D eigenvalue weighted by molar-refractivity contribution is 7.89. The molecule has 2 unspecified atom stereocenters. The molecular formula is C24H30N2O7S. The largest absolute Gasteiger partial charge is 0.495 e. The number of ether oxygens (including phenoxy) is 2. The number of anilines is 1. The third-order valence-corrected chi connectivity index (χ3v) is 7.74. The Hall–Kier alpha value is -2.95. The maximum atomic E-state index is 13.2. The van der Waals surface area contributed by atoms with E-state index in [0.29, 0.717) is 11.4 Å². The number of nitrogens with one attached hydrogen (secondary N) is 1. The summed E-state index contributed by atoms with van der Waals surface area (Å²) in [5.41, 5.74) is 3.04. The molecule has 0 radical (unpaired) electrons. The van der Waals surface area contributed by atoms with E-state index in [1.807, 2.05) is 19.9 Å². The smallest absolute Gasteiger partial charge is 0.325 e. The van der Waals surface area contributed by atoms with Gasteiger partial charge in [0.25, 0.3) is 5.91 Å². The zero-order chi connectivity index (χ0) is 25.2. The van der Waals surface area contributed by atoms with Crippen LogP contribution in [0.5, 0.6) is 5.75 Å². The van der Waals surface area contributed by atoms with E-state index in [4.69, 9.17) is 9.47 Å². The maximum Gasteiger partial charge on any atom is 0.325 e. The Kier molecular flexibility index (Phi) is 7.64. The van der Waals surface area contributed by atoms with Crippen molar-refractivity contribution in [2.24, 2.45) is 0 Å². The van der Waals surface area contributed by atoms with Crippen molar-refractivity contribution in [3.8, 4) is 5.75 Å². The Balaban J connectivity index is 1.75. The summed E-state index contributed by atoms with van der Waals surface area (Å²) in [6, 6.07) is 8.69. The molecule has 3 rings (SSSR count). The van der Waals surface area contributed by atoms with Crippen LogP contribution in [0.1, 0.15) is 30.0 Å². The van der Waals surface area contributed by atoms with E-state index >= 15 is 0 Å². The van der Waals surface area contributed by atoms with Gasteiger partial charge in [-0.05, 0) is 68.7 Å². The van der Waals surface area contributed by atoms with Crippen molar-refractivity contribution in [1.29, 1.82) is 0 Å². The molecule has 0 spiro atoms. The maximum absolute atomic E-state index is 13.2. The molecule has 2 N–H and O–H groups in total. The van der Waals surface area contributed by atoms with Crippen LogP contribution in [-0.2, 0) is 24.3 Å². The highest BCUT2D eigenvalue weighted by Crippen LogP contribution is 2.29. The third kappa shape index (κ3) is 5.40. The minimum Gasteiger partial charge on any atom is -0.495 e. The second-order valence-electron chi connectivity index (χ2n) is 8.50. The van der Waals surface area contributed by atoms with Crippen LogP contribution in [0.2, 0.25) is 0 Å². The van der Waals surface area contributed by atoms with Crippen LogP contribution in [0.25, 0.3) is 0 Å². The summed E-state index contributed by atoms with van der Waals surface area (Å²) in [6.45, 7) is 6.67. The predicted molar refractivity (Wildman–Crippen MR) is 126 cm³/mol. The summed E-state index contributed by atoms with van der Waals surface area (Å²) < 4.78 is 38.0. The molecule has 1 heterocycles. The number of methoxy groups -OCH3 is 1. The van der Waals surface area contributed by atoms with Crippen molar-refractivity contribution < 1.29 is 32.6 Å². The topological polar surface area (TPSA) is 122 Å². The standard InChI is InChI=1S/C24H30N2O7S/c1-14-6-9-22(32-5)20(10-14)25-23(28)17(4)33-24(29)21-12-18(27)13-26(21)34(30,31)19-8-7-15(2)16(3)11-19/h6-11,17-18,21,27H,12-13H2,1-5H3,(H,25,28)/t17?,18?,21-/m0/s1. The third-order valence-electron chi connectivity index (χ3n) is 5.87. The molecule has 1 saturated heterocycles. The van der Waals surface area contributed by atoms with Crippen LogP contribution in [0, 0.1) is 20.8 Å². The molecular weight excluding hydrogens is 460 g/mol. The summed E-state index contributed by atoms with van der Waals surface area (Å²) in [4.78, 5) is 25.6. The first-order valence-electron chi connectivity index (χ1n) is 10.9. The van der Waals surface area contributed by atoms with Crippen LogP contribution in [0.15, 0.2) is 41.3 Å². The SMILES string of the molecule is COc1ccc(C)cc1NC(=O)C(C)OC(=O)[C@@H]1CC(O)CN1S(=O)(=O)c1ccc(C)c(C)c1. The molecule has 1 amide bonds. The van der Waals surface area contributed by atoms with Crippen molar-refractivity contribution in [3.05, 3.63) is 53.1 Å². The Morgan fingerprint density at radius 3 is 2.47 bits per heavy atom. The zero-order valence-electron chi connectivity index (χ0n) is 19.9. The average Bonchev–Trinajstić information content (AvgIpc) is 3.18. The summed E-state index contributed by atoms with van der Waals surface area (Å²) >= 11 is 0.